The monoisotopic (exact) mass is 173 g/mol. The predicted molar refractivity (Wildman–Crippen MR) is 50.5 cm³/mol. The molecule has 0 aliphatic rings. The van der Waals surface area contributed by atoms with E-state index in [0.29, 0.717) is 17.5 Å². The van der Waals surface area contributed by atoms with Gasteiger partial charge < -0.3 is 0 Å². The van der Waals surface area contributed by atoms with E-state index in [4.69, 9.17) is 5.26 Å². The van der Waals surface area contributed by atoms with Gasteiger partial charge in [-0.2, -0.15) is 5.26 Å². The van der Waals surface area contributed by atoms with Crippen LogP contribution in [0.25, 0.3) is 0 Å². The third-order valence-corrected chi connectivity index (χ3v) is 1.99. The van der Waals surface area contributed by atoms with Gasteiger partial charge in [-0.25, -0.2) is 0 Å². The smallest absolute Gasteiger partial charge is 0.164 e. The molecule has 0 atom stereocenters. The summed E-state index contributed by atoms with van der Waals surface area (Å²) < 4.78 is 0. The summed E-state index contributed by atoms with van der Waals surface area (Å²) in [5.41, 5.74) is 1.94. The number of hydrogen-bond acceptors (Lipinski definition) is 2. The highest BCUT2D eigenvalue weighted by atomic mass is 16.1. The molecular weight excluding hydrogens is 162 g/mol. The Balaban J connectivity index is 3.33. The van der Waals surface area contributed by atoms with Crippen molar-refractivity contribution in [3.63, 3.8) is 0 Å². The minimum Gasteiger partial charge on any atom is -0.294 e. The van der Waals surface area contributed by atoms with Gasteiger partial charge in [-0.05, 0) is 18.6 Å². The van der Waals surface area contributed by atoms with E-state index in [1.807, 2.05) is 19.1 Å². The van der Waals surface area contributed by atoms with E-state index in [-0.39, 0.29) is 5.78 Å². The predicted octanol–water partition coefficient (Wildman–Crippen LogP) is 2.46. The SMILES string of the molecule is CCC(=O)c1c(C)cccc1C#N. The average molecular weight is 173 g/mol. The normalized spacial score (nSPS) is 9.31. The van der Waals surface area contributed by atoms with Crippen LogP contribution in [0.1, 0.15) is 34.8 Å². The summed E-state index contributed by atoms with van der Waals surface area (Å²) in [6, 6.07) is 7.35. The second-order valence-electron chi connectivity index (χ2n) is 2.89. The zero-order chi connectivity index (χ0) is 9.84. The number of nitriles is 1. The maximum atomic E-state index is 11.5. The Labute approximate surface area is 77.8 Å². The lowest BCUT2D eigenvalue weighted by Crippen LogP contribution is -2.02. The molecular formula is C11H11NO. The topological polar surface area (TPSA) is 40.9 Å². The molecule has 13 heavy (non-hydrogen) atoms. The minimum atomic E-state index is 0.0367. The fraction of sp³-hybridized carbons (Fsp3) is 0.273. The molecule has 0 saturated carbocycles. The van der Waals surface area contributed by atoms with Crippen LogP contribution in [0, 0.1) is 18.3 Å². The Morgan fingerprint density at radius 2 is 2.23 bits per heavy atom. The van der Waals surface area contributed by atoms with Crippen molar-refractivity contribution in [3.05, 3.63) is 34.9 Å². The Hall–Kier alpha value is -1.62. The molecule has 0 spiro atoms. The first-order valence-electron chi connectivity index (χ1n) is 4.23. The van der Waals surface area contributed by atoms with Gasteiger partial charge in [-0.3, -0.25) is 4.79 Å². The van der Waals surface area contributed by atoms with E-state index in [0.717, 1.165) is 5.56 Å². The largest absolute Gasteiger partial charge is 0.294 e. The molecule has 1 aromatic rings. The van der Waals surface area contributed by atoms with Crippen LogP contribution in [0.15, 0.2) is 18.2 Å². The number of Topliss-reactive ketones (excluding diaryl/α,β-unsaturated/α-hetero) is 1. The lowest BCUT2D eigenvalue weighted by atomic mass is 9.98. The van der Waals surface area contributed by atoms with Gasteiger partial charge in [-0.1, -0.05) is 19.1 Å². The molecule has 0 radical (unpaired) electrons. The second kappa shape index (κ2) is 3.86. The van der Waals surface area contributed by atoms with Gasteiger partial charge in [0.15, 0.2) is 5.78 Å². The van der Waals surface area contributed by atoms with Gasteiger partial charge in [0, 0.05) is 12.0 Å². The summed E-state index contributed by atoms with van der Waals surface area (Å²) >= 11 is 0. The molecule has 0 amide bonds. The van der Waals surface area contributed by atoms with Crippen LogP contribution in [0.3, 0.4) is 0 Å². The average Bonchev–Trinajstić information content (AvgIpc) is 2.16. The Morgan fingerprint density at radius 3 is 2.77 bits per heavy atom. The van der Waals surface area contributed by atoms with Gasteiger partial charge in [0.25, 0.3) is 0 Å². The summed E-state index contributed by atoms with van der Waals surface area (Å²) in [4.78, 5) is 11.5. The van der Waals surface area contributed by atoms with Crippen LogP contribution in [-0.2, 0) is 0 Å². The van der Waals surface area contributed by atoms with Crippen molar-refractivity contribution in [1.82, 2.24) is 0 Å². The van der Waals surface area contributed by atoms with E-state index < -0.39 is 0 Å². The maximum Gasteiger partial charge on any atom is 0.164 e. The zero-order valence-electron chi connectivity index (χ0n) is 7.79. The lowest BCUT2D eigenvalue weighted by Gasteiger charge is -2.04. The first-order valence-corrected chi connectivity index (χ1v) is 4.23. The van der Waals surface area contributed by atoms with Crippen molar-refractivity contribution in [2.75, 3.05) is 0 Å². The molecule has 2 heteroatoms. The third-order valence-electron chi connectivity index (χ3n) is 1.99. The molecule has 0 fully saturated rings. The number of nitrogens with zero attached hydrogens (tertiary/aromatic N) is 1. The number of carbonyl (C=O) groups excluding carboxylic acids is 1. The molecule has 2 nitrogen and oxygen atoms in total. The minimum absolute atomic E-state index is 0.0367. The van der Waals surface area contributed by atoms with Gasteiger partial charge >= 0.3 is 0 Å². The molecule has 0 N–H and O–H groups in total. The molecule has 1 aromatic carbocycles. The summed E-state index contributed by atoms with van der Waals surface area (Å²) in [7, 11) is 0. The van der Waals surface area contributed by atoms with E-state index in [1.54, 1.807) is 19.1 Å². The summed E-state index contributed by atoms with van der Waals surface area (Å²) in [6.07, 6.45) is 0.444. The standard InChI is InChI=1S/C11H11NO/c1-3-10(13)11-8(2)5-4-6-9(11)7-12/h4-6H,3H2,1-2H3. The molecule has 0 bridgehead atoms. The first kappa shape index (κ1) is 9.47. The van der Waals surface area contributed by atoms with Crippen LogP contribution >= 0.6 is 0 Å². The molecule has 0 aromatic heterocycles. The van der Waals surface area contributed by atoms with Crippen LogP contribution in [-0.4, -0.2) is 5.78 Å². The molecule has 0 saturated heterocycles. The van der Waals surface area contributed by atoms with Gasteiger partial charge in [0.1, 0.15) is 0 Å². The molecule has 0 aliphatic heterocycles. The molecule has 0 aliphatic carbocycles. The Kier molecular flexibility index (Phi) is 2.81. The molecule has 0 unspecified atom stereocenters. The Morgan fingerprint density at radius 1 is 1.54 bits per heavy atom. The van der Waals surface area contributed by atoms with E-state index in [1.165, 1.54) is 0 Å². The van der Waals surface area contributed by atoms with Crippen molar-refractivity contribution in [2.45, 2.75) is 20.3 Å². The molecule has 0 heterocycles. The number of aryl methyl sites for hydroxylation is 1. The number of rotatable bonds is 2. The molecule has 1 rings (SSSR count). The summed E-state index contributed by atoms with van der Waals surface area (Å²) in [5.74, 6) is 0.0367. The highest BCUT2D eigenvalue weighted by molar-refractivity contribution is 5.99. The van der Waals surface area contributed by atoms with Crippen molar-refractivity contribution in [3.8, 4) is 6.07 Å². The fourth-order valence-corrected chi connectivity index (χ4v) is 1.31. The van der Waals surface area contributed by atoms with Crippen LogP contribution in [0.2, 0.25) is 0 Å². The van der Waals surface area contributed by atoms with Crippen molar-refractivity contribution in [2.24, 2.45) is 0 Å². The van der Waals surface area contributed by atoms with E-state index >= 15 is 0 Å². The quantitative estimate of drug-likeness (QED) is 0.644. The van der Waals surface area contributed by atoms with Crippen LogP contribution in [0.4, 0.5) is 0 Å². The van der Waals surface area contributed by atoms with Crippen molar-refractivity contribution in [1.29, 1.82) is 5.26 Å². The number of carbonyl (C=O) groups is 1. The van der Waals surface area contributed by atoms with Crippen molar-refractivity contribution >= 4 is 5.78 Å². The molecule has 66 valence electrons. The highest BCUT2D eigenvalue weighted by Gasteiger charge is 2.11. The summed E-state index contributed by atoms with van der Waals surface area (Å²) in [6.45, 7) is 3.65. The Bertz CT molecular complexity index is 374. The zero-order valence-corrected chi connectivity index (χ0v) is 7.79. The number of ketones is 1. The van der Waals surface area contributed by atoms with Gasteiger partial charge in [0.2, 0.25) is 0 Å². The first-order chi connectivity index (χ1) is 6.20. The van der Waals surface area contributed by atoms with Crippen LogP contribution in [0.5, 0.6) is 0 Å². The summed E-state index contributed by atoms with van der Waals surface area (Å²) in [5, 5.41) is 8.79. The lowest BCUT2D eigenvalue weighted by molar-refractivity contribution is 0.0987. The maximum absolute atomic E-state index is 11.5. The van der Waals surface area contributed by atoms with Gasteiger partial charge in [-0.15, -0.1) is 0 Å². The van der Waals surface area contributed by atoms with Crippen molar-refractivity contribution < 1.29 is 4.79 Å². The second-order valence-corrected chi connectivity index (χ2v) is 2.89. The fourth-order valence-electron chi connectivity index (χ4n) is 1.31. The third kappa shape index (κ3) is 1.75. The number of benzene rings is 1. The van der Waals surface area contributed by atoms with Crippen LogP contribution < -0.4 is 0 Å². The van der Waals surface area contributed by atoms with E-state index in [9.17, 15) is 4.79 Å². The van der Waals surface area contributed by atoms with Gasteiger partial charge in [0.05, 0.1) is 11.6 Å². The van der Waals surface area contributed by atoms with E-state index in [2.05, 4.69) is 0 Å². The number of hydrogen-bond donors (Lipinski definition) is 0. The highest BCUT2D eigenvalue weighted by Crippen LogP contribution is 2.15.